The molecule has 8 nitrogen and oxygen atoms in total. The molecule has 1 aliphatic carbocycles. The highest BCUT2D eigenvalue weighted by Gasteiger charge is 2.23. The average molecular weight is 556 g/mol. The normalized spacial score (nSPS) is 15.2. The molecule has 1 aromatic heterocycles. The van der Waals surface area contributed by atoms with E-state index in [1.54, 1.807) is 38.3 Å². The molecule has 9 heteroatoms. The second-order valence-corrected chi connectivity index (χ2v) is 9.58. The van der Waals surface area contributed by atoms with Gasteiger partial charge in [-0.2, -0.15) is 9.78 Å². The number of nitrogens with zero attached hydrogens (tertiary/aromatic N) is 3. The number of carbonyl (C=O) groups excluding carboxylic acids is 1. The molecule has 0 amide bonds. The fourth-order valence-electron chi connectivity index (χ4n) is 4.42. The number of rotatable bonds is 8. The Morgan fingerprint density at radius 2 is 2.00 bits per heavy atom. The third-order valence-electron chi connectivity index (χ3n) is 6.24. The van der Waals surface area contributed by atoms with E-state index in [-0.39, 0.29) is 18.1 Å². The summed E-state index contributed by atoms with van der Waals surface area (Å²) < 4.78 is 18.4. The van der Waals surface area contributed by atoms with E-state index >= 15 is 0 Å². The molecule has 2 aromatic carbocycles. The van der Waals surface area contributed by atoms with Gasteiger partial charge in [0.1, 0.15) is 5.82 Å². The quantitative estimate of drug-likeness (QED) is 0.272. The van der Waals surface area contributed by atoms with Crippen molar-refractivity contribution >= 4 is 39.0 Å². The first-order valence-corrected chi connectivity index (χ1v) is 13.0. The highest BCUT2D eigenvalue weighted by atomic mass is 79.9. The summed E-state index contributed by atoms with van der Waals surface area (Å²) >= 11 is 3.51. The molecule has 0 bridgehead atoms. The number of fused-ring (bicyclic) bond motifs is 1. The van der Waals surface area contributed by atoms with Crippen molar-refractivity contribution in [3.8, 4) is 11.5 Å². The fraction of sp³-hybridized carbons (Fsp3) is 0.407. The first-order chi connectivity index (χ1) is 17.4. The molecule has 190 valence electrons. The van der Waals surface area contributed by atoms with Gasteiger partial charge in [0.05, 0.1) is 35.3 Å². The van der Waals surface area contributed by atoms with E-state index in [0.717, 1.165) is 25.7 Å². The van der Waals surface area contributed by atoms with Crippen molar-refractivity contribution in [3.05, 3.63) is 62.6 Å². The van der Waals surface area contributed by atoms with Crippen LogP contribution in [0.2, 0.25) is 0 Å². The van der Waals surface area contributed by atoms with E-state index in [9.17, 15) is 9.59 Å². The van der Waals surface area contributed by atoms with Crippen LogP contribution in [0.25, 0.3) is 10.9 Å². The maximum atomic E-state index is 13.4. The predicted molar refractivity (Wildman–Crippen MR) is 142 cm³/mol. The zero-order valence-corrected chi connectivity index (χ0v) is 22.3. The Kier molecular flexibility index (Phi) is 8.40. The minimum absolute atomic E-state index is 0.188. The van der Waals surface area contributed by atoms with E-state index in [0.29, 0.717) is 38.3 Å². The number of benzene rings is 2. The molecular formula is C27H30BrN3O5. The zero-order chi connectivity index (χ0) is 25.7. The Balaban J connectivity index is 1.71. The molecular weight excluding hydrogens is 526 g/mol. The minimum atomic E-state index is -0.810. The maximum absolute atomic E-state index is 13.4. The number of halogens is 1. The third kappa shape index (κ3) is 5.61. The lowest BCUT2D eigenvalue weighted by molar-refractivity contribution is -0.150. The number of para-hydroxylation sites is 1. The van der Waals surface area contributed by atoms with Gasteiger partial charge in [0.2, 0.25) is 0 Å². The van der Waals surface area contributed by atoms with Gasteiger partial charge in [-0.25, -0.2) is 9.78 Å². The lowest BCUT2D eigenvalue weighted by Gasteiger charge is -2.22. The molecule has 4 rings (SSSR count). The van der Waals surface area contributed by atoms with Crippen LogP contribution in [-0.4, -0.2) is 41.7 Å². The Morgan fingerprint density at radius 3 is 2.72 bits per heavy atom. The zero-order valence-electron chi connectivity index (χ0n) is 20.7. The molecule has 1 aliphatic rings. The predicted octanol–water partition coefficient (Wildman–Crippen LogP) is 5.43. The van der Waals surface area contributed by atoms with Gasteiger partial charge in [-0.15, -0.1) is 0 Å². The van der Waals surface area contributed by atoms with Gasteiger partial charge in [-0.3, -0.25) is 4.79 Å². The van der Waals surface area contributed by atoms with Crippen LogP contribution in [0, 0.1) is 0 Å². The minimum Gasteiger partial charge on any atom is -0.493 e. The Hall–Kier alpha value is -3.20. The van der Waals surface area contributed by atoms with Crippen molar-refractivity contribution in [1.29, 1.82) is 0 Å². The summed E-state index contributed by atoms with van der Waals surface area (Å²) in [6, 6.07) is 10.9. The first kappa shape index (κ1) is 25.9. The molecule has 1 atom stereocenters. The summed E-state index contributed by atoms with van der Waals surface area (Å²) in [6.45, 7) is 3.63. The van der Waals surface area contributed by atoms with Crippen LogP contribution in [0.4, 0.5) is 0 Å². The monoisotopic (exact) mass is 555 g/mol. The molecule has 0 radical (unpaired) electrons. The van der Waals surface area contributed by atoms with Crippen molar-refractivity contribution < 1.29 is 19.0 Å². The average Bonchev–Trinajstić information content (AvgIpc) is 2.89. The molecule has 0 N–H and O–H groups in total. The number of aromatic nitrogens is 2. The molecule has 3 aromatic rings. The van der Waals surface area contributed by atoms with Crippen LogP contribution in [0.1, 0.15) is 63.3 Å². The Morgan fingerprint density at radius 1 is 1.25 bits per heavy atom. The summed E-state index contributed by atoms with van der Waals surface area (Å²) in [6.07, 6.45) is 6.22. The van der Waals surface area contributed by atoms with Gasteiger partial charge in [0.25, 0.3) is 5.56 Å². The summed E-state index contributed by atoms with van der Waals surface area (Å²) in [5, 5.41) is 5.12. The summed E-state index contributed by atoms with van der Waals surface area (Å²) in [4.78, 5) is 30.3. The van der Waals surface area contributed by atoms with Gasteiger partial charge in [-0.05, 0) is 72.4 Å². The van der Waals surface area contributed by atoms with E-state index in [1.165, 1.54) is 18.2 Å². The highest BCUT2D eigenvalue weighted by molar-refractivity contribution is 9.10. The number of esters is 1. The van der Waals surface area contributed by atoms with E-state index in [1.807, 2.05) is 18.2 Å². The molecule has 1 saturated carbocycles. The van der Waals surface area contributed by atoms with Gasteiger partial charge >= 0.3 is 5.97 Å². The number of hydrogen-bond acceptors (Lipinski definition) is 7. The Bertz CT molecular complexity index is 1330. The van der Waals surface area contributed by atoms with Gasteiger partial charge in [-0.1, -0.05) is 31.4 Å². The summed E-state index contributed by atoms with van der Waals surface area (Å²) in [5.74, 6) is 1.22. The van der Waals surface area contributed by atoms with Crippen LogP contribution in [0.15, 0.2) is 50.8 Å². The van der Waals surface area contributed by atoms with Gasteiger partial charge < -0.3 is 14.2 Å². The first-order valence-electron chi connectivity index (χ1n) is 12.2. The maximum Gasteiger partial charge on any atom is 0.347 e. The topological polar surface area (TPSA) is 92.0 Å². The van der Waals surface area contributed by atoms with Crippen LogP contribution in [0.5, 0.6) is 11.5 Å². The summed E-state index contributed by atoms with van der Waals surface area (Å²) in [7, 11) is 1.52. The molecule has 1 fully saturated rings. The van der Waals surface area contributed by atoms with Crippen LogP contribution >= 0.6 is 15.9 Å². The fourth-order valence-corrected chi connectivity index (χ4v) is 4.97. The number of carbonyl (C=O) groups is 1. The second kappa shape index (κ2) is 11.7. The molecule has 0 saturated heterocycles. The molecule has 0 unspecified atom stereocenters. The van der Waals surface area contributed by atoms with Crippen molar-refractivity contribution in [2.24, 2.45) is 5.10 Å². The van der Waals surface area contributed by atoms with Crippen LogP contribution in [-0.2, 0) is 9.53 Å². The smallest absolute Gasteiger partial charge is 0.347 e. The molecule has 1 heterocycles. The van der Waals surface area contributed by atoms with Crippen LogP contribution in [0.3, 0.4) is 0 Å². The number of ether oxygens (including phenoxy) is 3. The highest BCUT2D eigenvalue weighted by Crippen LogP contribution is 2.37. The summed E-state index contributed by atoms with van der Waals surface area (Å²) in [5.41, 5.74) is 1.19. The molecule has 36 heavy (non-hydrogen) atoms. The van der Waals surface area contributed by atoms with Crippen molar-refractivity contribution in [2.45, 2.75) is 58.0 Å². The third-order valence-corrected chi connectivity index (χ3v) is 6.83. The van der Waals surface area contributed by atoms with Crippen molar-refractivity contribution in [1.82, 2.24) is 9.66 Å². The number of hydrogen-bond donors (Lipinski definition) is 0. The SMILES string of the molecule is CCOC(=O)[C@H](C)Oc1c(Br)cc(C=Nn2c(C3CCCCC3)nc3ccccc3c2=O)cc1OC. The molecule has 0 aliphatic heterocycles. The van der Waals surface area contributed by atoms with E-state index < -0.39 is 12.1 Å². The lowest BCUT2D eigenvalue weighted by Crippen LogP contribution is -2.26. The lowest BCUT2D eigenvalue weighted by atomic mass is 9.88. The Labute approximate surface area is 218 Å². The van der Waals surface area contributed by atoms with E-state index in [4.69, 9.17) is 19.2 Å². The van der Waals surface area contributed by atoms with Gasteiger partial charge in [0, 0.05) is 5.92 Å². The standard InChI is InChI=1S/C27H30BrN3O5/c1-4-35-27(33)17(2)36-24-21(28)14-18(15-23(24)34-3)16-29-31-25(19-10-6-5-7-11-19)30-22-13-9-8-12-20(22)26(31)32/h8-9,12-17,19H,4-7,10-11H2,1-3H3/t17-/m0/s1. The number of methoxy groups -OCH3 is 1. The largest absolute Gasteiger partial charge is 0.493 e. The molecule has 0 spiro atoms. The van der Waals surface area contributed by atoms with E-state index in [2.05, 4.69) is 21.0 Å². The second-order valence-electron chi connectivity index (χ2n) is 8.73. The van der Waals surface area contributed by atoms with Crippen molar-refractivity contribution in [3.63, 3.8) is 0 Å². The van der Waals surface area contributed by atoms with Crippen LogP contribution < -0.4 is 15.0 Å². The van der Waals surface area contributed by atoms with Gasteiger partial charge in [0.15, 0.2) is 17.6 Å². The van der Waals surface area contributed by atoms with Crippen molar-refractivity contribution in [2.75, 3.05) is 13.7 Å².